The van der Waals surface area contributed by atoms with Crippen LogP contribution in [0.2, 0.25) is 0 Å². The van der Waals surface area contributed by atoms with Gasteiger partial charge in [0.1, 0.15) is 12.2 Å². The van der Waals surface area contributed by atoms with Gasteiger partial charge in [-0.2, -0.15) is 0 Å². The van der Waals surface area contributed by atoms with Crippen LogP contribution in [0.25, 0.3) is 0 Å². The maximum absolute atomic E-state index is 9.84. The molecule has 142 valence electrons. The highest BCUT2D eigenvalue weighted by Crippen LogP contribution is 2.34. The SMILES string of the molecule is CC1CCC(Oc2ccc(C#CC(C)(C)O)cc2OCc2ccccc2)C1. The molecule has 3 rings (SSSR count). The third-order valence-electron chi connectivity index (χ3n) is 4.63. The molecule has 3 heteroatoms. The molecule has 2 aromatic carbocycles. The van der Waals surface area contributed by atoms with Crippen LogP contribution in [0.1, 0.15) is 51.2 Å². The predicted molar refractivity (Wildman–Crippen MR) is 108 cm³/mol. The van der Waals surface area contributed by atoms with Crippen molar-refractivity contribution in [2.24, 2.45) is 5.92 Å². The van der Waals surface area contributed by atoms with E-state index in [0.717, 1.165) is 29.7 Å². The number of hydrogen-bond donors (Lipinski definition) is 1. The Morgan fingerprint density at radius 2 is 1.85 bits per heavy atom. The first-order valence-electron chi connectivity index (χ1n) is 9.62. The predicted octanol–water partition coefficient (Wildman–Crippen LogP) is 4.96. The quantitative estimate of drug-likeness (QED) is 0.763. The van der Waals surface area contributed by atoms with E-state index in [1.165, 1.54) is 6.42 Å². The molecule has 1 fully saturated rings. The fourth-order valence-corrected chi connectivity index (χ4v) is 3.20. The summed E-state index contributed by atoms with van der Waals surface area (Å²) in [7, 11) is 0. The highest BCUT2D eigenvalue weighted by atomic mass is 16.5. The third-order valence-corrected chi connectivity index (χ3v) is 4.63. The van der Waals surface area contributed by atoms with E-state index in [1.54, 1.807) is 13.8 Å². The van der Waals surface area contributed by atoms with E-state index in [-0.39, 0.29) is 6.10 Å². The molecule has 2 atom stereocenters. The Morgan fingerprint density at radius 1 is 1.07 bits per heavy atom. The number of rotatable bonds is 5. The molecule has 3 nitrogen and oxygen atoms in total. The summed E-state index contributed by atoms with van der Waals surface area (Å²) in [5.74, 6) is 8.03. The van der Waals surface area contributed by atoms with Gasteiger partial charge in [-0.05, 0) is 62.8 Å². The number of hydrogen-bond acceptors (Lipinski definition) is 3. The molecule has 1 N–H and O–H groups in total. The van der Waals surface area contributed by atoms with Gasteiger partial charge < -0.3 is 14.6 Å². The summed E-state index contributed by atoms with van der Waals surface area (Å²) in [4.78, 5) is 0. The highest BCUT2D eigenvalue weighted by molar-refractivity contribution is 5.49. The van der Waals surface area contributed by atoms with E-state index in [2.05, 4.69) is 18.8 Å². The van der Waals surface area contributed by atoms with Crippen LogP contribution in [0.4, 0.5) is 0 Å². The van der Waals surface area contributed by atoms with Crippen LogP contribution in [-0.4, -0.2) is 16.8 Å². The zero-order chi connectivity index (χ0) is 19.3. The lowest BCUT2D eigenvalue weighted by Gasteiger charge is -2.18. The van der Waals surface area contributed by atoms with Crippen molar-refractivity contribution < 1.29 is 14.6 Å². The van der Waals surface area contributed by atoms with E-state index in [4.69, 9.17) is 9.47 Å². The van der Waals surface area contributed by atoms with Crippen LogP contribution in [0.15, 0.2) is 48.5 Å². The summed E-state index contributed by atoms with van der Waals surface area (Å²) >= 11 is 0. The summed E-state index contributed by atoms with van der Waals surface area (Å²) in [6.07, 6.45) is 3.62. The number of benzene rings is 2. The molecule has 0 radical (unpaired) electrons. The van der Waals surface area contributed by atoms with Gasteiger partial charge in [-0.1, -0.05) is 49.1 Å². The monoisotopic (exact) mass is 364 g/mol. The Bertz CT molecular complexity index is 809. The maximum Gasteiger partial charge on any atom is 0.162 e. The van der Waals surface area contributed by atoms with Gasteiger partial charge in [0.05, 0.1) is 6.10 Å². The normalized spacial score (nSPS) is 19.3. The molecular formula is C24H28O3. The Kier molecular flexibility index (Phi) is 6.08. The molecule has 1 aliphatic rings. The van der Waals surface area contributed by atoms with Crippen molar-refractivity contribution in [1.29, 1.82) is 0 Å². The van der Waals surface area contributed by atoms with Crippen molar-refractivity contribution in [3.63, 3.8) is 0 Å². The minimum Gasteiger partial charge on any atom is -0.487 e. The molecule has 0 spiro atoms. The smallest absolute Gasteiger partial charge is 0.162 e. The molecule has 2 aromatic rings. The second kappa shape index (κ2) is 8.50. The summed E-state index contributed by atoms with van der Waals surface area (Å²) in [6.45, 7) is 6.09. The van der Waals surface area contributed by atoms with Crippen molar-refractivity contribution >= 4 is 0 Å². The average Bonchev–Trinajstić information content (AvgIpc) is 3.04. The minimum absolute atomic E-state index is 0.243. The van der Waals surface area contributed by atoms with Gasteiger partial charge in [-0.3, -0.25) is 0 Å². The van der Waals surface area contributed by atoms with Crippen LogP contribution >= 0.6 is 0 Å². The molecule has 0 bridgehead atoms. The highest BCUT2D eigenvalue weighted by Gasteiger charge is 2.24. The lowest BCUT2D eigenvalue weighted by molar-refractivity contribution is 0.143. The molecule has 0 heterocycles. The molecular weight excluding hydrogens is 336 g/mol. The second-order valence-electron chi connectivity index (χ2n) is 7.90. The Morgan fingerprint density at radius 3 is 2.52 bits per heavy atom. The van der Waals surface area contributed by atoms with E-state index < -0.39 is 5.60 Å². The van der Waals surface area contributed by atoms with Crippen LogP contribution in [0.5, 0.6) is 11.5 Å². The van der Waals surface area contributed by atoms with Crippen molar-refractivity contribution in [2.45, 2.75) is 58.3 Å². The lowest BCUT2D eigenvalue weighted by atomic mass is 10.1. The Balaban J connectivity index is 1.80. The van der Waals surface area contributed by atoms with E-state index >= 15 is 0 Å². The van der Waals surface area contributed by atoms with Gasteiger partial charge in [0.15, 0.2) is 11.5 Å². The second-order valence-corrected chi connectivity index (χ2v) is 7.90. The van der Waals surface area contributed by atoms with E-state index in [0.29, 0.717) is 18.3 Å². The van der Waals surface area contributed by atoms with Crippen molar-refractivity contribution in [3.8, 4) is 23.3 Å². The fourth-order valence-electron chi connectivity index (χ4n) is 3.20. The first kappa shape index (κ1) is 19.3. The van der Waals surface area contributed by atoms with E-state index in [1.807, 2.05) is 48.5 Å². The molecule has 27 heavy (non-hydrogen) atoms. The van der Waals surface area contributed by atoms with Gasteiger partial charge in [-0.25, -0.2) is 0 Å². The van der Waals surface area contributed by atoms with Gasteiger partial charge in [0, 0.05) is 5.56 Å². The topological polar surface area (TPSA) is 38.7 Å². The zero-order valence-corrected chi connectivity index (χ0v) is 16.4. The molecule has 0 aliphatic heterocycles. The zero-order valence-electron chi connectivity index (χ0n) is 16.4. The van der Waals surface area contributed by atoms with Crippen molar-refractivity contribution in [3.05, 3.63) is 59.7 Å². The van der Waals surface area contributed by atoms with Crippen LogP contribution in [0.3, 0.4) is 0 Å². The van der Waals surface area contributed by atoms with Crippen LogP contribution < -0.4 is 9.47 Å². The van der Waals surface area contributed by atoms with Crippen LogP contribution in [0, 0.1) is 17.8 Å². The Hall–Kier alpha value is -2.44. The summed E-state index contributed by atoms with van der Waals surface area (Å²) in [6, 6.07) is 15.8. The van der Waals surface area contributed by atoms with Crippen molar-refractivity contribution in [1.82, 2.24) is 0 Å². The fraction of sp³-hybridized carbons (Fsp3) is 0.417. The Labute approximate surface area is 162 Å². The molecule has 1 saturated carbocycles. The van der Waals surface area contributed by atoms with Crippen LogP contribution in [-0.2, 0) is 6.61 Å². The van der Waals surface area contributed by atoms with Gasteiger partial charge in [0.25, 0.3) is 0 Å². The molecule has 0 saturated heterocycles. The summed E-state index contributed by atoms with van der Waals surface area (Å²) in [5.41, 5.74) is 0.874. The maximum atomic E-state index is 9.84. The standard InChI is InChI=1S/C24H28O3/c1-18-9-11-21(15-18)27-22-12-10-19(13-14-24(2,3)25)16-23(22)26-17-20-7-5-4-6-8-20/h4-8,10,12,16,18,21,25H,9,11,15,17H2,1-3H3. The van der Waals surface area contributed by atoms with Crippen molar-refractivity contribution in [2.75, 3.05) is 0 Å². The van der Waals surface area contributed by atoms with Gasteiger partial charge in [-0.15, -0.1) is 0 Å². The van der Waals surface area contributed by atoms with E-state index in [9.17, 15) is 5.11 Å². The average molecular weight is 364 g/mol. The number of ether oxygens (including phenoxy) is 2. The largest absolute Gasteiger partial charge is 0.487 e. The summed E-state index contributed by atoms with van der Waals surface area (Å²) in [5, 5.41) is 9.84. The lowest BCUT2D eigenvalue weighted by Crippen LogP contribution is -2.14. The molecule has 2 unspecified atom stereocenters. The van der Waals surface area contributed by atoms with Gasteiger partial charge in [0.2, 0.25) is 0 Å². The molecule has 1 aliphatic carbocycles. The molecule has 0 amide bonds. The number of aliphatic hydroxyl groups is 1. The third kappa shape index (κ3) is 6.05. The summed E-state index contributed by atoms with van der Waals surface area (Å²) < 4.78 is 12.3. The molecule has 0 aromatic heterocycles. The first-order valence-corrected chi connectivity index (χ1v) is 9.62. The van der Waals surface area contributed by atoms with Gasteiger partial charge >= 0.3 is 0 Å². The minimum atomic E-state index is -1.03. The first-order chi connectivity index (χ1) is 12.9.